The number of nitrogens with zero attached hydrogens (tertiary/aromatic N) is 1. The number of carboxylic acid groups (broad SMARTS) is 1. The second-order valence-electron chi connectivity index (χ2n) is 3.98. The average Bonchev–Trinajstić information content (AvgIpc) is 2.68. The van der Waals surface area contributed by atoms with Crippen LogP contribution in [0.25, 0.3) is 6.08 Å². The number of aryl methyl sites for hydroxylation is 1. The van der Waals surface area contributed by atoms with E-state index in [9.17, 15) is 22.8 Å². The van der Waals surface area contributed by atoms with Crippen LogP contribution in [-0.4, -0.2) is 41.1 Å². The fourth-order valence-electron chi connectivity index (χ4n) is 1.39. The number of carboxylic acids is 1. The van der Waals surface area contributed by atoms with Gasteiger partial charge in [-0.05, 0) is 25.1 Å². The molecule has 0 unspecified atom stereocenters. The first-order chi connectivity index (χ1) is 9.17. The minimum atomic E-state index is -4.67. The molecule has 1 amide bonds. The molecule has 1 aromatic rings. The molecule has 0 aliphatic rings. The second-order valence-corrected chi connectivity index (χ2v) is 3.98. The van der Waals surface area contributed by atoms with E-state index in [1.54, 1.807) is 13.0 Å². The minimum absolute atomic E-state index is 0.189. The van der Waals surface area contributed by atoms with Gasteiger partial charge in [0.1, 0.15) is 24.6 Å². The lowest BCUT2D eigenvalue weighted by Gasteiger charge is -2.20. The lowest BCUT2D eigenvalue weighted by Crippen LogP contribution is -2.41. The number of rotatable bonds is 5. The lowest BCUT2D eigenvalue weighted by molar-refractivity contribution is -0.163. The number of hydrogen-bond donors (Lipinski definition) is 1. The first-order valence-corrected chi connectivity index (χ1v) is 5.49. The van der Waals surface area contributed by atoms with E-state index in [2.05, 4.69) is 0 Å². The highest BCUT2D eigenvalue weighted by atomic mass is 19.4. The van der Waals surface area contributed by atoms with Gasteiger partial charge in [0.15, 0.2) is 0 Å². The van der Waals surface area contributed by atoms with E-state index in [0.29, 0.717) is 5.76 Å². The van der Waals surface area contributed by atoms with Gasteiger partial charge in [-0.25, -0.2) is 0 Å². The van der Waals surface area contributed by atoms with Gasteiger partial charge < -0.3 is 14.4 Å². The number of carbonyl (C=O) groups is 2. The quantitative estimate of drug-likeness (QED) is 0.843. The van der Waals surface area contributed by atoms with E-state index in [0.717, 1.165) is 6.08 Å². The third kappa shape index (κ3) is 5.59. The maximum Gasteiger partial charge on any atom is 0.406 e. The molecule has 1 rings (SSSR count). The number of carbonyl (C=O) groups excluding carboxylic acids is 1. The molecule has 0 spiro atoms. The molecule has 0 saturated heterocycles. The molecule has 110 valence electrons. The smallest absolute Gasteiger partial charge is 0.406 e. The zero-order chi connectivity index (χ0) is 15.3. The molecule has 0 aromatic carbocycles. The average molecular weight is 291 g/mol. The van der Waals surface area contributed by atoms with Crippen molar-refractivity contribution in [3.8, 4) is 0 Å². The van der Waals surface area contributed by atoms with Crippen molar-refractivity contribution in [3.05, 3.63) is 29.7 Å². The maximum absolute atomic E-state index is 12.3. The van der Waals surface area contributed by atoms with Crippen molar-refractivity contribution < 1.29 is 32.3 Å². The topological polar surface area (TPSA) is 70.8 Å². The van der Waals surface area contributed by atoms with Gasteiger partial charge in [-0.3, -0.25) is 9.59 Å². The fourth-order valence-corrected chi connectivity index (χ4v) is 1.39. The molecule has 0 radical (unpaired) electrons. The zero-order valence-electron chi connectivity index (χ0n) is 10.5. The van der Waals surface area contributed by atoms with Crippen molar-refractivity contribution in [2.45, 2.75) is 13.1 Å². The summed E-state index contributed by atoms with van der Waals surface area (Å²) in [5.74, 6) is -1.71. The lowest BCUT2D eigenvalue weighted by atomic mass is 10.3. The van der Waals surface area contributed by atoms with Crippen molar-refractivity contribution in [1.82, 2.24) is 4.90 Å². The molecule has 0 atom stereocenters. The zero-order valence-corrected chi connectivity index (χ0v) is 10.5. The molecule has 20 heavy (non-hydrogen) atoms. The standard InChI is InChI=1S/C12H12F3NO4/c1-8-2-3-9(20-8)4-5-10(17)16(6-11(18)19)7-12(13,14)15/h2-5H,6-7H2,1H3,(H,18,19). The van der Waals surface area contributed by atoms with Crippen molar-refractivity contribution >= 4 is 18.0 Å². The number of furan rings is 1. The van der Waals surface area contributed by atoms with Crippen LogP contribution in [0.3, 0.4) is 0 Å². The van der Waals surface area contributed by atoms with Crippen molar-refractivity contribution in [3.63, 3.8) is 0 Å². The van der Waals surface area contributed by atoms with Crippen molar-refractivity contribution in [1.29, 1.82) is 0 Å². The minimum Gasteiger partial charge on any atom is -0.480 e. The van der Waals surface area contributed by atoms with Gasteiger partial charge in [0.25, 0.3) is 0 Å². The Morgan fingerprint density at radius 3 is 2.50 bits per heavy atom. The van der Waals surface area contributed by atoms with Gasteiger partial charge in [0, 0.05) is 6.08 Å². The van der Waals surface area contributed by atoms with Crippen LogP contribution >= 0.6 is 0 Å². The molecule has 1 aromatic heterocycles. The van der Waals surface area contributed by atoms with Crippen LogP contribution in [0.15, 0.2) is 22.6 Å². The van der Waals surface area contributed by atoms with Gasteiger partial charge in [-0.2, -0.15) is 13.2 Å². The summed E-state index contributed by atoms with van der Waals surface area (Å²) in [6, 6.07) is 3.15. The van der Waals surface area contributed by atoms with Gasteiger partial charge in [0.05, 0.1) is 0 Å². The Bertz CT molecular complexity index is 519. The summed E-state index contributed by atoms with van der Waals surface area (Å²) in [6.45, 7) is -0.987. The normalized spacial score (nSPS) is 11.8. The molecule has 1 N–H and O–H groups in total. The van der Waals surface area contributed by atoms with Crippen LogP contribution in [0, 0.1) is 6.92 Å². The summed E-state index contributed by atoms with van der Waals surface area (Å²) >= 11 is 0. The van der Waals surface area contributed by atoms with Crippen molar-refractivity contribution in [2.24, 2.45) is 0 Å². The first-order valence-electron chi connectivity index (χ1n) is 5.49. The van der Waals surface area contributed by atoms with Crippen LogP contribution in [0.5, 0.6) is 0 Å². The molecule has 1 heterocycles. The first kappa shape index (κ1) is 15.8. The monoisotopic (exact) mass is 291 g/mol. The summed E-state index contributed by atoms with van der Waals surface area (Å²) in [7, 11) is 0. The van der Waals surface area contributed by atoms with E-state index in [-0.39, 0.29) is 10.7 Å². The molecule has 0 bridgehead atoms. The number of hydrogen-bond acceptors (Lipinski definition) is 3. The summed E-state index contributed by atoms with van der Waals surface area (Å²) in [6.07, 6.45) is -2.65. The Labute approximate surface area is 112 Å². The second kappa shape index (κ2) is 6.27. The fraction of sp³-hybridized carbons (Fsp3) is 0.333. The summed E-state index contributed by atoms with van der Waals surface area (Å²) < 4.78 is 41.9. The highest BCUT2D eigenvalue weighted by Crippen LogP contribution is 2.17. The third-order valence-electron chi connectivity index (χ3n) is 2.16. The molecule has 0 saturated carbocycles. The largest absolute Gasteiger partial charge is 0.480 e. The molecular formula is C12H12F3NO4. The molecule has 5 nitrogen and oxygen atoms in total. The summed E-state index contributed by atoms with van der Waals surface area (Å²) in [5, 5.41) is 8.51. The predicted molar refractivity (Wildman–Crippen MR) is 62.7 cm³/mol. The van der Waals surface area contributed by atoms with Gasteiger partial charge in [-0.15, -0.1) is 0 Å². The van der Waals surface area contributed by atoms with Gasteiger partial charge in [-0.1, -0.05) is 0 Å². The van der Waals surface area contributed by atoms with Crippen LogP contribution in [0.1, 0.15) is 11.5 Å². The van der Waals surface area contributed by atoms with Crippen molar-refractivity contribution in [2.75, 3.05) is 13.1 Å². The van der Waals surface area contributed by atoms with Crippen LogP contribution in [-0.2, 0) is 9.59 Å². The Balaban J connectivity index is 2.77. The summed E-state index contributed by atoms with van der Waals surface area (Å²) in [5.41, 5.74) is 0. The van der Waals surface area contributed by atoms with Crippen LogP contribution in [0.2, 0.25) is 0 Å². The Morgan fingerprint density at radius 2 is 2.05 bits per heavy atom. The molecule has 0 fully saturated rings. The maximum atomic E-state index is 12.3. The summed E-state index contributed by atoms with van der Waals surface area (Å²) in [4.78, 5) is 22.2. The van der Waals surface area contributed by atoms with E-state index in [4.69, 9.17) is 9.52 Å². The van der Waals surface area contributed by atoms with Gasteiger partial charge >= 0.3 is 12.1 Å². The number of alkyl halides is 3. The van der Waals surface area contributed by atoms with Crippen LogP contribution in [0.4, 0.5) is 13.2 Å². The highest BCUT2D eigenvalue weighted by molar-refractivity contribution is 5.93. The molecule has 0 aliphatic heterocycles. The van der Waals surface area contributed by atoms with E-state index < -0.39 is 31.1 Å². The van der Waals surface area contributed by atoms with E-state index >= 15 is 0 Å². The Hall–Kier alpha value is -2.25. The molecular weight excluding hydrogens is 279 g/mol. The molecule has 0 aliphatic carbocycles. The predicted octanol–water partition coefficient (Wildman–Crippen LogP) is 2.08. The van der Waals surface area contributed by atoms with Gasteiger partial charge in [0.2, 0.25) is 5.91 Å². The van der Waals surface area contributed by atoms with E-state index in [1.807, 2.05) is 0 Å². The highest BCUT2D eigenvalue weighted by Gasteiger charge is 2.33. The van der Waals surface area contributed by atoms with Crippen LogP contribution < -0.4 is 0 Å². The molecule has 8 heteroatoms. The SMILES string of the molecule is Cc1ccc(C=CC(=O)N(CC(=O)O)CC(F)(F)F)o1. The number of aliphatic carboxylic acids is 1. The van der Waals surface area contributed by atoms with E-state index in [1.165, 1.54) is 12.1 Å². The third-order valence-corrected chi connectivity index (χ3v) is 2.16. The number of amides is 1. The number of halogens is 3. The Kier molecular flexibility index (Phi) is 4.95. The Morgan fingerprint density at radius 1 is 1.40 bits per heavy atom.